The van der Waals surface area contributed by atoms with Crippen LogP contribution in [0.4, 0.5) is 9.59 Å². The van der Waals surface area contributed by atoms with Crippen molar-refractivity contribution in [2.24, 2.45) is 10.8 Å². The number of carboxylic acid groups (broad SMARTS) is 1. The minimum atomic E-state index is -1.25. The second kappa shape index (κ2) is 19.7. The molecule has 2 aromatic heterocycles. The summed E-state index contributed by atoms with van der Waals surface area (Å²) in [5.41, 5.74) is 4.79. The Morgan fingerprint density at radius 3 is 2.02 bits per heavy atom. The number of aryl methyl sites for hydroxylation is 2. The summed E-state index contributed by atoms with van der Waals surface area (Å²) in [6, 6.07) is 23.5. The van der Waals surface area contributed by atoms with Crippen LogP contribution in [-0.2, 0) is 29.0 Å². The average Bonchev–Trinajstić information content (AvgIpc) is 3.52. The van der Waals surface area contributed by atoms with Gasteiger partial charge in [-0.2, -0.15) is 0 Å². The SMILES string of the molecule is Cc1ccc(-c2ccc(C[C@H](NC(=O)[C@@H](N(C)C(=O)O)C(C)(C)C)[C@H](O)C[C@H](Cc3ccccc3)NC(=O)[C@@H](N3CCN(Cc4cccc(C)n4)C3=O)C(C)(C)C)cc2)cn1. The van der Waals surface area contributed by atoms with Gasteiger partial charge in [-0.25, -0.2) is 9.59 Å². The number of urea groups is 1. The lowest BCUT2D eigenvalue weighted by Gasteiger charge is -2.38. The molecule has 1 fully saturated rings. The van der Waals surface area contributed by atoms with Crippen molar-refractivity contribution in [1.82, 2.24) is 35.3 Å². The van der Waals surface area contributed by atoms with Crippen LogP contribution in [0.3, 0.4) is 0 Å². The summed E-state index contributed by atoms with van der Waals surface area (Å²) >= 11 is 0. The fourth-order valence-electron chi connectivity index (χ4n) is 8.23. The van der Waals surface area contributed by atoms with E-state index in [9.17, 15) is 29.4 Å². The smallest absolute Gasteiger partial charge is 0.407 e. The number of hydrogen-bond acceptors (Lipinski definition) is 7. The second-order valence-electron chi connectivity index (χ2n) is 18.5. The average molecular weight is 834 g/mol. The number of nitrogens with zero attached hydrogens (tertiary/aromatic N) is 5. The van der Waals surface area contributed by atoms with Gasteiger partial charge in [0, 0.05) is 49.3 Å². The van der Waals surface area contributed by atoms with Crippen LogP contribution in [0.25, 0.3) is 11.1 Å². The Labute approximate surface area is 360 Å². The molecule has 0 aliphatic carbocycles. The molecule has 13 nitrogen and oxygen atoms in total. The molecule has 0 unspecified atom stereocenters. The van der Waals surface area contributed by atoms with Gasteiger partial charge in [-0.1, -0.05) is 108 Å². The molecule has 0 saturated carbocycles. The van der Waals surface area contributed by atoms with Gasteiger partial charge < -0.3 is 30.6 Å². The molecule has 1 saturated heterocycles. The summed E-state index contributed by atoms with van der Waals surface area (Å²) in [4.78, 5) is 68.2. The largest absolute Gasteiger partial charge is 0.465 e. The number of pyridine rings is 2. The van der Waals surface area contributed by atoms with Crippen molar-refractivity contribution in [3.05, 3.63) is 119 Å². The molecule has 4 aromatic rings. The molecular weight excluding hydrogens is 771 g/mol. The molecular formula is C48H63N7O6. The number of aliphatic hydroxyl groups excluding tert-OH is 1. The molecule has 0 bridgehead atoms. The first-order valence-corrected chi connectivity index (χ1v) is 21.0. The first kappa shape index (κ1) is 46.2. The molecule has 0 spiro atoms. The topological polar surface area (TPSA) is 168 Å². The standard InChI is InChI=1S/C48H63N7O6/c1-31-18-21-36(29-49-31)35-22-19-34(20-23-35)27-39(52-43(57)41(47(3,4)5)53(9)46(60)61)40(56)28-38(26-33-15-11-10-12-16-33)51-44(58)42(48(6,7)8)55-25-24-54(45(55)59)30-37-17-13-14-32(2)50-37/h10-23,29,38-42,56H,24-28,30H2,1-9H3,(H,51,58)(H,52,57)(H,60,61)/t38-,39-,40+,41+,42+/m0/s1. The van der Waals surface area contributed by atoms with E-state index in [0.717, 1.165) is 44.2 Å². The summed E-state index contributed by atoms with van der Waals surface area (Å²) in [6.07, 6.45) is 0.00657. The lowest BCUT2D eigenvalue weighted by atomic mass is 9.84. The number of rotatable bonds is 16. The number of aromatic nitrogens is 2. The van der Waals surface area contributed by atoms with Crippen LogP contribution in [0.15, 0.2) is 91.1 Å². The lowest BCUT2D eigenvalue weighted by molar-refractivity contribution is -0.131. The van der Waals surface area contributed by atoms with Gasteiger partial charge in [0.1, 0.15) is 12.1 Å². The highest BCUT2D eigenvalue weighted by molar-refractivity contribution is 5.89. The van der Waals surface area contributed by atoms with E-state index in [1.165, 1.54) is 7.05 Å². The van der Waals surface area contributed by atoms with E-state index in [4.69, 9.17) is 0 Å². The van der Waals surface area contributed by atoms with Gasteiger partial charge in [0.2, 0.25) is 11.8 Å². The number of nitrogens with one attached hydrogen (secondary N) is 2. The summed E-state index contributed by atoms with van der Waals surface area (Å²) < 4.78 is 0. The van der Waals surface area contributed by atoms with Gasteiger partial charge in [0.05, 0.1) is 24.4 Å². The third-order valence-electron chi connectivity index (χ3n) is 11.2. The highest BCUT2D eigenvalue weighted by Gasteiger charge is 2.44. The first-order chi connectivity index (χ1) is 28.7. The summed E-state index contributed by atoms with van der Waals surface area (Å²) in [5.74, 6) is -0.889. The quantitative estimate of drug-likeness (QED) is 0.0975. The minimum absolute atomic E-state index is 0.0453. The Morgan fingerprint density at radius 1 is 0.770 bits per heavy atom. The zero-order valence-corrected chi connectivity index (χ0v) is 37.1. The first-order valence-electron chi connectivity index (χ1n) is 21.0. The zero-order chi connectivity index (χ0) is 44.6. The molecule has 5 amide bonds. The number of hydrogen-bond donors (Lipinski definition) is 4. The number of likely N-dealkylation sites (N-methyl/N-ethyl adjacent to an activating group) is 1. The molecule has 1 aliphatic heterocycles. The van der Waals surface area contributed by atoms with Gasteiger partial charge in [-0.3, -0.25) is 24.5 Å². The normalized spacial score (nSPS) is 15.7. The molecule has 0 radical (unpaired) electrons. The number of amides is 5. The molecule has 61 heavy (non-hydrogen) atoms. The van der Waals surface area contributed by atoms with Crippen molar-refractivity contribution < 1.29 is 29.4 Å². The maximum atomic E-state index is 14.6. The number of carbonyl (C=O) groups excluding carboxylic acids is 3. The van der Waals surface area contributed by atoms with Crippen molar-refractivity contribution in [2.45, 2.75) is 111 Å². The molecule has 1 aliphatic rings. The molecule has 326 valence electrons. The van der Waals surface area contributed by atoms with Crippen molar-refractivity contribution in [2.75, 3.05) is 20.1 Å². The maximum Gasteiger partial charge on any atom is 0.407 e. The van der Waals surface area contributed by atoms with E-state index < -0.39 is 53.1 Å². The Morgan fingerprint density at radius 2 is 1.43 bits per heavy atom. The highest BCUT2D eigenvalue weighted by atomic mass is 16.4. The van der Waals surface area contributed by atoms with Gasteiger partial charge in [-0.15, -0.1) is 0 Å². The summed E-state index contributed by atoms with van der Waals surface area (Å²) in [6.45, 7) is 16.1. The van der Waals surface area contributed by atoms with E-state index in [1.54, 1.807) is 30.6 Å². The van der Waals surface area contributed by atoms with Crippen molar-refractivity contribution in [3.63, 3.8) is 0 Å². The molecule has 2 aromatic carbocycles. The van der Waals surface area contributed by atoms with Gasteiger partial charge in [0.25, 0.3) is 0 Å². The lowest BCUT2D eigenvalue weighted by Crippen LogP contribution is -2.59. The van der Waals surface area contributed by atoms with Crippen molar-refractivity contribution >= 4 is 23.9 Å². The summed E-state index contributed by atoms with van der Waals surface area (Å²) in [7, 11) is 1.36. The van der Waals surface area contributed by atoms with Gasteiger partial charge in [-0.05, 0) is 78.8 Å². The van der Waals surface area contributed by atoms with E-state index in [1.807, 2.05) is 126 Å². The van der Waals surface area contributed by atoms with Crippen molar-refractivity contribution in [1.29, 1.82) is 0 Å². The fraction of sp³-hybridized carbons (Fsp3) is 0.458. The Balaban J connectivity index is 1.43. The predicted octanol–water partition coefficient (Wildman–Crippen LogP) is 6.64. The zero-order valence-electron chi connectivity index (χ0n) is 37.1. The maximum absolute atomic E-state index is 14.6. The number of carbonyl (C=O) groups is 4. The molecule has 5 atom stereocenters. The monoisotopic (exact) mass is 833 g/mol. The van der Waals surface area contributed by atoms with Crippen LogP contribution in [0.2, 0.25) is 0 Å². The van der Waals surface area contributed by atoms with Crippen LogP contribution in [0, 0.1) is 24.7 Å². The Kier molecular flexibility index (Phi) is 14.9. The number of benzene rings is 2. The second-order valence-corrected chi connectivity index (χ2v) is 18.5. The van der Waals surface area contributed by atoms with Crippen molar-refractivity contribution in [3.8, 4) is 11.1 Å². The third kappa shape index (κ3) is 12.4. The van der Waals surface area contributed by atoms with Gasteiger partial charge in [0.15, 0.2) is 0 Å². The van der Waals surface area contributed by atoms with Gasteiger partial charge >= 0.3 is 12.1 Å². The fourth-order valence-corrected chi connectivity index (χ4v) is 8.23. The Bertz CT molecular complexity index is 2120. The van der Waals surface area contributed by atoms with Crippen LogP contribution < -0.4 is 10.6 Å². The number of aliphatic hydroxyl groups is 1. The predicted molar refractivity (Wildman–Crippen MR) is 237 cm³/mol. The molecule has 13 heteroatoms. The third-order valence-corrected chi connectivity index (χ3v) is 11.2. The van der Waals surface area contributed by atoms with E-state index in [2.05, 4.69) is 20.6 Å². The summed E-state index contributed by atoms with van der Waals surface area (Å²) in [5, 5.41) is 28.4. The highest BCUT2D eigenvalue weighted by Crippen LogP contribution is 2.30. The van der Waals surface area contributed by atoms with Crippen LogP contribution in [-0.4, -0.2) is 109 Å². The van der Waals surface area contributed by atoms with Crippen LogP contribution in [0.5, 0.6) is 0 Å². The van der Waals surface area contributed by atoms with E-state index >= 15 is 0 Å². The molecule has 3 heterocycles. The molecule has 5 rings (SSSR count). The minimum Gasteiger partial charge on any atom is -0.465 e. The van der Waals surface area contributed by atoms with Crippen LogP contribution >= 0.6 is 0 Å². The van der Waals surface area contributed by atoms with Crippen LogP contribution in [0.1, 0.15) is 76.2 Å². The Hall–Kier alpha value is -5.82. The molecule has 4 N–H and O–H groups in total. The van der Waals surface area contributed by atoms with E-state index in [0.29, 0.717) is 26.1 Å². The van der Waals surface area contributed by atoms with E-state index in [-0.39, 0.29) is 24.8 Å².